The number of hydrogen-bond acceptors (Lipinski definition) is 4. The Labute approximate surface area is 180 Å². The van der Waals surface area contributed by atoms with Crippen molar-refractivity contribution in [3.05, 3.63) is 83.0 Å². The van der Waals surface area contributed by atoms with E-state index >= 15 is 0 Å². The monoisotopic (exact) mass is 416 g/mol. The Balaban J connectivity index is 1.46. The molecule has 0 bridgehead atoms. The lowest BCUT2D eigenvalue weighted by Crippen LogP contribution is -2.02. The van der Waals surface area contributed by atoms with E-state index in [4.69, 9.17) is 26.1 Å². The molecule has 1 fully saturated rings. The number of benzene rings is 3. The lowest BCUT2D eigenvalue weighted by atomic mass is 10.0. The summed E-state index contributed by atoms with van der Waals surface area (Å²) in [7, 11) is 1.66. The van der Waals surface area contributed by atoms with E-state index in [1.807, 2.05) is 48.5 Å². The van der Waals surface area contributed by atoms with Gasteiger partial charge < -0.3 is 9.47 Å². The first-order chi connectivity index (χ1) is 14.7. The van der Waals surface area contributed by atoms with Gasteiger partial charge in [-0.05, 0) is 65.9 Å². The van der Waals surface area contributed by atoms with Crippen LogP contribution in [0.5, 0.6) is 11.8 Å². The molecule has 1 aliphatic carbocycles. The van der Waals surface area contributed by atoms with Crippen LogP contribution in [0.4, 0.5) is 0 Å². The average Bonchev–Trinajstić information content (AvgIpc) is 3.62. The molecule has 0 unspecified atom stereocenters. The van der Waals surface area contributed by atoms with Gasteiger partial charge in [0.25, 0.3) is 0 Å². The first kappa shape index (κ1) is 18.9. The van der Waals surface area contributed by atoms with Crippen LogP contribution in [0.25, 0.3) is 22.0 Å². The third-order valence-corrected chi connectivity index (χ3v) is 5.59. The molecule has 0 N–H and O–H groups in total. The number of halogens is 1. The molecule has 5 rings (SSSR count). The fourth-order valence-corrected chi connectivity index (χ4v) is 3.77. The first-order valence-corrected chi connectivity index (χ1v) is 10.4. The minimum atomic E-state index is 0.417. The second-order valence-corrected chi connectivity index (χ2v) is 7.98. The number of ether oxygens (including phenoxy) is 2. The Kier molecular flexibility index (Phi) is 5.01. The summed E-state index contributed by atoms with van der Waals surface area (Å²) < 4.78 is 11.1. The Morgan fingerprint density at radius 3 is 2.47 bits per heavy atom. The van der Waals surface area contributed by atoms with Crippen LogP contribution in [-0.2, 0) is 6.61 Å². The molecule has 1 aromatic heterocycles. The van der Waals surface area contributed by atoms with Gasteiger partial charge in [-0.2, -0.15) is 9.97 Å². The quantitative estimate of drug-likeness (QED) is 0.364. The highest BCUT2D eigenvalue weighted by Crippen LogP contribution is 2.43. The zero-order chi connectivity index (χ0) is 20.5. The number of methoxy groups -OCH3 is 1. The van der Waals surface area contributed by atoms with Crippen molar-refractivity contribution in [1.29, 1.82) is 0 Å². The van der Waals surface area contributed by atoms with Crippen LogP contribution < -0.4 is 9.47 Å². The lowest BCUT2D eigenvalue weighted by molar-refractivity contribution is 0.281. The maximum absolute atomic E-state index is 6.18. The molecule has 1 saturated carbocycles. The number of fused-ring (bicyclic) bond motifs is 1. The van der Waals surface area contributed by atoms with Crippen LogP contribution in [0, 0.1) is 0 Å². The van der Waals surface area contributed by atoms with Gasteiger partial charge in [-0.25, -0.2) is 0 Å². The predicted octanol–water partition coefficient (Wildman–Crippen LogP) is 6.42. The Morgan fingerprint density at radius 1 is 0.933 bits per heavy atom. The molecule has 30 heavy (non-hydrogen) atoms. The summed E-state index contributed by atoms with van der Waals surface area (Å²) in [5, 5.41) is 1.82. The molecule has 3 aromatic carbocycles. The topological polar surface area (TPSA) is 44.2 Å². The predicted molar refractivity (Wildman–Crippen MR) is 119 cm³/mol. The SMILES string of the molecule is COc1ccc(COc2nc(C3CC3)c3cc(-c4cccc(Cl)c4)ccc3n2)cc1. The van der Waals surface area contributed by atoms with Crippen molar-refractivity contribution in [1.82, 2.24) is 9.97 Å². The fourth-order valence-electron chi connectivity index (χ4n) is 3.58. The van der Waals surface area contributed by atoms with E-state index in [-0.39, 0.29) is 0 Å². The Hall–Kier alpha value is -3.11. The van der Waals surface area contributed by atoms with E-state index in [2.05, 4.69) is 23.2 Å². The summed E-state index contributed by atoms with van der Waals surface area (Å²) in [5.41, 5.74) is 5.23. The third kappa shape index (κ3) is 3.96. The smallest absolute Gasteiger partial charge is 0.317 e. The van der Waals surface area contributed by atoms with Gasteiger partial charge in [-0.15, -0.1) is 0 Å². The Morgan fingerprint density at radius 2 is 1.73 bits per heavy atom. The largest absolute Gasteiger partial charge is 0.497 e. The zero-order valence-electron chi connectivity index (χ0n) is 16.6. The van der Waals surface area contributed by atoms with Crippen LogP contribution >= 0.6 is 11.6 Å². The molecular weight excluding hydrogens is 396 g/mol. The van der Waals surface area contributed by atoms with E-state index < -0.39 is 0 Å². The summed E-state index contributed by atoms with van der Waals surface area (Å²) in [5.74, 6) is 1.31. The minimum absolute atomic E-state index is 0.417. The summed E-state index contributed by atoms with van der Waals surface area (Å²) in [6.07, 6.45) is 2.32. The number of rotatable bonds is 6. The molecule has 0 amide bonds. The van der Waals surface area contributed by atoms with Gasteiger partial charge in [0.2, 0.25) is 0 Å². The van der Waals surface area contributed by atoms with Crippen LogP contribution in [0.2, 0.25) is 5.02 Å². The molecule has 1 heterocycles. The normalized spacial score (nSPS) is 13.4. The third-order valence-electron chi connectivity index (χ3n) is 5.35. The van der Waals surface area contributed by atoms with Gasteiger partial charge in [0.05, 0.1) is 18.3 Å². The second-order valence-electron chi connectivity index (χ2n) is 7.54. The standard InChI is InChI=1S/C25H21ClN2O2/c1-29-21-10-5-16(6-11-21)15-30-25-27-23-12-9-19(18-3-2-4-20(26)13-18)14-22(23)24(28-25)17-7-8-17/h2-6,9-14,17H,7-8,15H2,1H3. The van der Waals surface area contributed by atoms with Gasteiger partial charge in [0.15, 0.2) is 0 Å². The van der Waals surface area contributed by atoms with Crippen LogP contribution in [-0.4, -0.2) is 17.1 Å². The molecule has 0 aliphatic heterocycles. The van der Waals surface area contributed by atoms with Crippen molar-refractivity contribution in [3.8, 4) is 22.9 Å². The molecule has 0 atom stereocenters. The van der Waals surface area contributed by atoms with Gasteiger partial charge in [-0.3, -0.25) is 0 Å². The molecule has 5 heteroatoms. The molecule has 0 radical (unpaired) electrons. The first-order valence-electron chi connectivity index (χ1n) is 10.0. The van der Waals surface area contributed by atoms with E-state index in [0.29, 0.717) is 18.5 Å². The summed E-state index contributed by atoms with van der Waals surface area (Å²) >= 11 is 6.18. The fraction of sp³-hybridized carbons (Fsp3) is 0.200. The van der Waals surface area contributed by atoms with Gasteiger partial charge >= 0.3 is 6.01 Å². The zero-order valence-corrected chi connectivity index (χ0v) is 17.4. The molecule has 150 valence electrons. The number of nitrogens with zero attached hydrogens (tertiary/aromatic N) is 2. The molecule has 4 aromatic rings. The molecule has 4 nitrogen and oxygen atoms in total. The molecule has 1 aliphatic rings. The maximum Gasteiger partial charge on any atom is 0.317 e. The lowest BCUT2D eigenvalue weighted by Gasteiger charge is -2.11. The summed E-state index contributed by atoms with van der Waals surface area (Å²) in [6.45, 7) is 0.417. The summed E-state index contributed by atoms with van der Waals surface area (Å²) in [6, 6.07) is 22.4. The molecular formula is C25H21ClN2O2. The van der Waals surface area contributed by atoms with E-state index in [1.165, 1.54) is 0 Å². The maximum atomic E-state index is 6.18. The van der Waals surface area contributed by atoms with Gasteiger partial charge in [0, 0.05) is 16.3 Å². The highest BCUT2D eigenvalue weighted by molar-refractivity contribution is 6.30. The van der Waals surface area contributed by atoms with Crippen molar-refractivity contribution in [2.75, 3.05) is 7.11 Å². The van der Waals surface area contributed by atoms with Crippen molar-refractivity contribution < 1.29 is 9.47 Å². The number of aromatic nitrogens is 2. The van der Waals surface area contributed by atoms with Crippen molar-refractivity contribution in [2.24, 2.45) is 0 Å². The second kappa shape index (κ2) is 7.96. The van der Waals surface area contributed by atoms with E-state index in [0.717, 1.165) is 56.9 Å². The van der Waals surface area contributed by atoms with Crippen molar-refractivity contribution in [3.63, 3.8) is 0 Å². The highest BCUT2D eigenvalue weighted by Gasteiger charge is 2.28. The average molecular weight is 417 g/mol. The van der Waals surface area contributed by atoms with E-state index in [1.54, 1.807) is 7.11 Å². The highest BCUT2D eigenvalue weighted by atomic mass is 35.5. The number of hydrogen-bond donors (Lipinski definition) is 0. The van der Waals surface area contributed by atoms with Crippen LogP contribution in [0.15, 0.2) is 66.7 Å². The minimum Gasteiger partial charge on any atom is -0.497 e. The van der Waals surface area contributed by atoms with Crippen LogP contribution in [0.1, 0.15) is 30.0 Å². The van der Waals surface area contributed by atoms with Gasteiger partial charge in [-0.1, -0.05) is 41.9 Å². The van der Waals surface area contributed by atoms with E-state index in [9.17, 15) is 0 Å². The molecule has 0 saturated heterocycles. The van der Waals surface area contributed by atoms with Crippen molar-refractivity contribution >= 4 is 22.5 Å². The van der Waals surface area contributed by atoms with Crippen LogP contribution in [0.3, 0.4) is 0 Å². The van der Waals surface area contributed by atoms with Crippen molar-refractivity contribution in [2.45, 2.75) is 25.4 Å². The van der Waals surface area contributed by atoms with Gasteiger partial charge in [0.1, 0.15) is 12.4 Å². The summed E-state index contributed by atoms with van der Waals surface area (Å²) in [4.78, 5) is 9.44. The molecule has 0 spiro atoms. The Bertz CT molecular complexity index is 1200.